The van der Waals surface area contributed by atoms with Crippen LogP contribution in [0, 0.1) is 0 Å². The van der Waals surface area contributed by atoms with E-state index in [0.717, 1.165) is 18.3 Å². The van der Waals surface area contributed by atoms with Crippen LogP contribution in [-0.4, -0.2) is 17.5 Å². The number of nitrogens with two attached hydrogens (primary N) is 1. The van der Waals surface area contributed by atoms with E-state index in [2.05, 4.69) is 9.72 Å². The van der Waals surface area contributed by atoms with Gasteiger partial charge in [-0.15, -0.1) is 13.2 Å². The summed E-state index contributed by atoms with van der Waals surface area (Å²) in [6, 6.07) is 0.746. The molecule has 1 aromatic carbocycles. The second-order valence-electron chi connectivity index (χ2n) is 4.02. The van der Waals surface area contributed by atoms with Crippen molar-refractivity contribution in [1.82, 2.24) is 4.98 Å². The SMILES string of the molecule is N[C@H](c1c[nH]c2ccc(OC(F)(F)F)cc12)C(F)(F)F. The second-order valence-corrected chi connectivity index (χ2v) is 4.02. The van der Waals surface area contributed by atoms with Crippen molar-refractivity contribution in [2.75, 3.05) is 0 Å². The molecule has 9 heteroatoms. The maximum atomic E-state index is 12.6. The Bertz CT molecular complexity index is 615. The van der Waals surface area contributed by atoms with E-state index in [9.17, 15) is 26.3 Å². The number of fused-ring (bicyclic) bond motifs is 1. The highest BCUT2D eigenvalue weighted by Gasteiger charge is 2.39. The quantitative estimate of drug-likeness (QED) is 0.832. The Morgan fingerprint density at radius 2 is 1.75 bits per heavy atom. The summed E-state index contributed by atoms with van der Waals surface area (Å²) >= 11 is 0. The summed E-state index contributed by atoms with van der Waals surface area (Å²) in [5, 5.41) is -0.0726. The molecule has 1 aromatic heterocycles. The molecule has 3 nitrogen and oxygen atoms in total. The molecule has 0 saturated heterocycles. The number of hydrogen-bond donors (Lipinski definition) is 2. The molecule has 0 saturated carbocycles. The average Bonchev–Trinajstić information content (AvgIpc) is 2.67. The zero-order valence-corrected chi connectivity index (χ0v) is 9.64. The number of rotatable bonds is 2. The Labute approximate surface area is 108 Å². The minimum absolute atomic E-state index is 0.0726. The first-order valence-electron chi connectivity index (χ1n) is 5.27. The number of benzene rings is 1. The smallest absolute Gasteiger partial charge is 0.406 e. The number of H-pyrrole nitrogens is 1. The highest BCUT2D eigenvalue weighted by atomic mass is 19.4. The van der Waals surface area contributed by atoms with Crippen LogP contribution in [0.25, 0.3) is 10.9 Å². The van der Waals surface area contributed by atoms with Gasteiger partial charge in [0.05, 0.1) is 0 Å². The molecule has 0 unspecified atom stereocenters. The van der Waals surface area contributed by atoms with Gasteiger partial charge in [0.15, 0.2) is 0 Å². The molecule has 3 N–H and O–H groups in total. The van der Waals surface area contributed by atoms with E-state index < -0.39 is 24.3 Å². The third kappa shape index (κ3) is 2.98. The van der Waals surface area contributed by atoms with Crippen LogP contribution >= 0.6 is 0 Å². The van der Waals surface area contributed by atoms with Gasteiger partial charge in [0, 0.05) is 22.7 Å². The number of hydrogen-bond acceptors (Lipinski definition) is 2. The number of halogens is 6. The Morgan fingerprint density at radius 1 is 1.10 bits per heavy atom. The highest BCUT2D eigenvalue weighted by molar-refractivity contribution is 5.85. The fraction of sp³-hybridized carbons (Fsp3) is 0.273. The molecule has 0 radical (unpaired) electrons. The third-order valence-corrected chi connectivity index (χ3v) is 2.61. The first-order valence-corrected chi connectivity index (χ1v) is 5.27. The van der Waals surface area contributed by atoms with Gasteiger partial charge in [-0.3, -0.25) is 0 Å². The predicted octanol–water partition coefficient (Wildman–Crippen LogP) is 3.63. The Morgan fingerprint density at radius 3 is 2.30 bits per heavy atom. The lowest BCUT2D eigenvalue weighted by atomic mass is 10.1. The molecule has 2 rings (SSSR count). The lowest BCUT2D eigenvalue weighted by Gasteiger charge is -2.15. The Hall–Kier alpha value is -1.90. The number of nitrogens with one attached hydrogen (secondary N) is 1. The van der Waals surface area contributed by atoms with Gasteiger partial charge in [-0.1, -0.05) is 0 Å². The summed E-state index contributed by atoms with van der Waals surface area (Å²) in [5.41, 5.74) is 4.94. The summed E-state index contributed by atoms with van der Waals surface area (Å²) in [6.07, 6.45) is -8.60. The van der Waals surface area contributed by atoms with Crippen molar-refractivity contribution in [3.8, 4) is 5.75 Å². The summed E-state index contributed by atoms with van der Waals surface area (Å²) in [7, 11) is 0. The summed E-state index contributed by atoms with van der Waals surface area (Å²) < 4.78 is 77.6. The van der Waals surface area contributed by atoms with Gasteiger partial charge in [-0.2, -0.15) is 13.2 Å². The van der Waals surface area contributed by atoms with Crippen molar-refractivity contribution in [2.45, 2.75) is 18.6 Å². The molecule has 0 aliphatic carbocycles. The third-order valence-electron chi connectivity index (χ3n) is 2.61. The number of ether oxygens (including phenoxy) is 1. The number of aromatic nitrogens is 1. The van der Waals surface area contributed by atoms with Crippen molar-refractivity contribution in [3.05, 3.63) is 30.0 Å². The van der Waals surface area contributed by atoms with E-state index >= 15 is 0 Å². The topological polar surface area (TPSA) is 51.0 Å². The molecule has 0 spiro atoms. The average molecular weight is 298 g/mol. The van der Waals surface area contributed by atoms with Gasteiger partial charge < -0.3 is 15.5 Å². The molecule has 110 valence electrons. The zero-order valence-electron chi connectivity index (χ0n) is 9.64. The van der Waals surface area contributed by atoms with Crippen LogP contribution in [0.3, 0.4) is 0 Å². The monoisotopic (exact) mass is 298 g/mol. The standard InChI is InChI=1S/C11H8F6N2O/c12-10(13,14)9(18)7-4-19-8-2-1-5(3-6(7)8)20-11(15,16)17/h1-4,9,19H,18H2/t9-/m1/s1. The summed E-state index contributed by atoms with van der Waals surface area (Å²) in [4.78, 5) is 2.51. The fourth-order valence-corrected chi connectivity index (χ4v) is 1.75. The van der Waals surface area contributed by atoms with Crippen molar-refractivity contribution in [3.63, 3.8) is 0 Å². The number of alkyl halides is 6. The van der Waals surface area contributed by atoms with Crippen LogP contribution in [0.4, 0.5) is 26.3 Å². The Kier molecular flexibility index (Phi) is 3.32. The van der Waals surface area contributed by atoms with Crippen LogP contribution in [-0.2, 0) is 0 Å². The van der Waals surface area contributed by atoms with Crippen molar-refractivity contribution in [2.24, 2.45) is 5.73 Å². The minimum Gasteiger partial charge on any atom is -0.406 e. The van der Waals surface area contributed by atoms with E-state index in [1.807, 2.05) is 0 Å². The predicted molar refractivity (Wildman–Crippen MR) is 58.0 cm³/mol. The first kappa shape index (κ1) is 14.5. The van der Waals surface area contributed by atoms with Crippen molar-refractivity contribution < 1.29 is 31.1 Å². The van der Waals surface area contributed by atoms with Gasteiger partial charge in [-0.05, 0) is 18.2 Å². The fourth-order valence-electron chi connectivity index (χ4n) is 1.75. The largest absolute Gasteiger partial charge is 0.573 e. The van der Waals surface area contributed by atoms with Gasteiger partial charge in [0.2, 0.25) is 0 Å². The zero-order chi connectivity index (χ0) is 15.1. The van der Waals surface area contributed by atoms with E-state index in [1.165, 1.54) is 6.07 Å². The summed E-state index contributed by atoms with van der Waals surface area (Å²) in [6.45, 7) is 0. The maximum Gasteiger partial charge on any atom is 0.573 e. The minimum atomic E-state index is -4.92. The lowest BCUT2D eigenvalue weighted by molar-refractivity contribution is -0.274. The van der Waals surface area contributed by atoms with E-state index in [1.54, 1.807) is 0 Å². The maximum absolute atomic E-state index is 12.6. The molecule has 0 bridgehead atoms. The molecule has 20 heavy (non-hydrogen) atoms. The van der Waals surface area contributed by atoms with Gasteiger partial charge in [0.1, 0.15) is 11.8 Å². The van der Waals surface area contributed by atoms with Gasteiger partial charge in [-0.25, -0.2) is 0 Å². The van der Waals surface area contributed by atoms with Crippen LogP contribution in [0.15, 0.2) is 24.4 Å². The van der Waals surface area contributed by atoms with Gasteiger partial charge in [0.25, 0.3) is 0 Å². The molecule has 0 aliphatic rings. The van der Waals surface area contributed by atoms with Gasteiger partial charge >= 0.3 is 12.5 Å². The molecule has 0 aliphatic heterocycles. The van der Waals surface area contributed by atoms with Crippen molar-refractivity contribution in [1.29, 1.82) is 0 Å². The van der Waals surface area contributed by atoms with E-state index in [-0.39, 0.29) is 16.5 Å². The molecule has 0 fully saturated rings. The molecule has 0 amide bonds. The van der Waals surface area contributed by atoms with E-state index in [4.69, 9.17) is 5.73 Å². The van der Waals surface area contributed by atoms with E-state index in [0.29, 0.717) is 0 Å². The number of aromatic amines is 1. The Balaban J connectivity index is 2.45. The normalized spacial score (nSPS) is 14.6. The highest BCUT2D eigenvalue weighted by Crippen LogP contribution is 2.36. The first-order chi connectivity index (χ1) is 9.08. The molecule has 2 aromatic rings. The van der Waals surface area contributed by atoms with Crippen molar-refractivity contribution >= 4 is 10.9 Å². The molecule has 1 atom stereocenters. The van der Waals surface area contributed by atoms with Crippen LogP contribution in [0.1, 0.15) is 11.6 Å². The van der Waals surface area contributed by atoms with Crippen LogP contribution in [0.2, 0.25) is 0 Å². The lowest BCUT2D eigenvalue weighted by Crippen LogP contribution is -2.28. The van der Waals surface area contributed by atoms with Crippen LogP contribution in [0.5, 0.6) is 5.75 Å². The molecule has 1 heterocycles. The van der Waals surface area contributed by atoms with Crippen LogP contribution < -0.4 is 10.5 Å². The summed E-state index contributed by atoms with van der Waals surface area (Å²) in [5.74, 6) is -0.611. The molecular formula is C11H8F6N2O. The second kappa shape index (κ2) is 4.58. The molecular weight excluding hydrogens is 290 g/mol.